The Labute approximate surface area is 213 Å². The molecule has 0 aromatic carbocycles. The third-order valence-electron chi connectivity index (χ3n) is 5.81. The number of ether oxygens (including phenoxy) is 1. The highest BCUT2D eigenvalue weighted by molar-refractivity contribution is 5.78. The van der Waals surface area contributed by atoms with Gasteiger partial charge in [0.05, 0.1) is 31.8 Å². The summed E-state index contributed by atoms with van der Waals surface area (Å²) in [6.07, 6.45) is -3.23. The van der Waals surface area contributed by atoms with Gasteiger partial charge in [-0.1, -0.05) is 6.07 Å². The van der Waals surface area contributed by atoms with Crippen LogP contribution in [0.25, 0.3) is 0 Å². The zero-order chi connectivity index (χ0) is 28.5. The summed E-state index contributed by atoms with van der Waals surface area (Å²) in [7, 11) is 0. The molecule has 3 aliphatic heterocycles. The molecule has 3 saturated heterocycles. The Bertz CT molecular complexity index is 902. The van der Waals surface area contributed by atoms with Crippen molar-refractivity contribution >= 4 is 17.8 Å². The van der Waals surface area contributed by atoms with E-state index in [4.69, 9.17) is 29.4 Å². The first kappa shape index (κ1) is 31.2. The van der Waals surface area contributed by atoms with E-state index in [0.717, 1.165) is 45.4 Å². The number of aromatic nitrogens is 1. The van der Waals surface area contributed by atoms with Crippen molar-refractivity contribution in [3.63, 3.8) is 0 Å². The highest BCUT2D eigenvalue weighted by Gasteiger charge is 2.40. The number of hydroxylamine groups is 2. The van der Waals surface area contributed by atoms with Gasteiger partial charge in [-0.15, -0.1) is 0 Å². The molecular weight excluding hydrogens is 532 g/mol. The second-order valence-corrected chi connectivity index (χ2v) is 8.68. The van der Waals surface area contributed by atoms with E-state index in [1.807, 2.05) is 12.3 Å². The predicted octanol–water partition coefficient (Wildman–Crippen LogP) is 2.74. The molecular formula is C22H27F6N3O7. The Morgan fingerprint density at radius 3 is 2.18 bits per heavy atom. The average molecular weight is 559 g/mol. The number of hydrogen-bond acceptors (Lipinski definition) is 7. The number of pyridine rings is 1. The quantitative estimate of drug-likeness (QED) is 0.537. The molecule has 4 rings (SSSR count). The normalized spacial score (nSPS) is 23.7. The molecule has 1 aromatic rings. The number of aliphatic carboxylic acids is 2. The van der Waals surface area contributed by atoms with E-state index in [1.54, 1.807) is 11.3 Å². The third kappa shape index (κ3) is 10.1. The maximum atomic E-state index is 12.5. The fourth-order valence-electron chi connectivity index (χ4n) is 4.10. The monoisotopic (exact) mass is 559 g/mol. The summed E-state index contributed by atoms with van der Waals surface area (Å²) in [5, 5.41) is 15.8. The van der Waals surface area contributed by atoms with Crippen LogP contribution in [0.4, 0.5) is 26.3 Å². The summed E-state index contributed by atoms with van der Waals surface area (Å²) < 4.78 is 69.5. The minimum Gasteiger partial charge on any atom is -0.475 e. The van der Waals surface area contributed by atoms with Crippen LogP contribution in [-0.4, -0.2) is 94.3 Å². The summed E-state index contributed by atoms with van der Waals surface area (Å²) in [6, 6.07) is 4.10. The number of fused-ring (bicyclic) bond motifs is 1. The molecule has 214 valence electrons. The first-order chi connectivity index (χ1) is 17.7. The van der Waals surface area contributed by atoms with E-state index in [0.29, 0.717) is 25.2 Å². The van der Waals surface area contributed by atoms with Crippen molar-refractivity contribution in [2.75, 3.05) is 32.8 Å². The number of nitrogens with zero attached hydrogens (tertiary/aromatic N) is 3. The van der Waals surface area contributed by atoms with E-state index in [-0.39, 0.29) is 11.8 Å². The SMILES string of the molecule is O=C(O)C(F)(F)F.O=C(O)C(F)(F)F.O=C([C@@H]1CO[C@@H]2CCN(Cc3cccnc3)C[C@@H]2C1)N1CCCO1. The molecule has 0 saturated carbocycles. The molecule has 0 unspecified atom stereocenters. The van der Waals surface area contributed by atoms with Gasteiger partial charge in [-0.25, -0.2) is 14.7 Å². The molecule has 2 N–H and O–H groups in total. The average Bonchev–Trinajstić information content (AvgIpc) is 3.38. The number of halogens is 6. The second-order valence-electron chi connectivity index (χ2n) is 8.68. The number of carbonyl (C=O) groups excluding carboxylic acids is 1. The van der Waals surface area contributed by atoms with Crippen molar-refractivity contribution in [1.82, 2.24) is 14.9 Å². The first-order valence-corrected chi connectivity index (χ1v) is 11.5. The Hall–Kier alpha value is -2.98. The van der Waals surface area contributed by atoms with Crippen LogP contribution < -0.4 is 0 Å². The zero-order valence-electron chi connectivity index (χ0n) is 20.0. The van der Waals surface area contributed by atoms with Crippen LogP contribution in [0.3, 0.4) is 0 Å². The van der Waals surface area contributed by atoms with Crippen LogP contribution in [-0.2, 0) is 30.5 Å². The molecule has 1 amide bonds. The van der Waals surface area contributed by atoms with E-state index in [2.05, 4.69) is 16.0 Å². The van der Waals surface area contributed by atoms with Crippen LogP contribution in [0.2, 0.25) is 0 Å². The molecule has 1 aromatic heterocycles. The molecule has 3 aliphatic rings. The number of alkyl halides is 6. The van der Waals surface area contributed by atoms with Gasteiger partial charge < -0.3 is 14.9 Å². The molecule has 3 atom stereocenters. The molecule has 16 heteroatoms. The highest BCUT2D eigenvalue weighted by Crippen LogP contribution is 2.33. The third-order valence-corrected chi connectivity index (χ3v) is 5.81. The van der Waals surface area contributed by atoms with Crippen LogP contribution in [0.1, 0.15) is 24.8 Å². The van der Waals surface area contributed by atoms with Gasteiger partial charge in [0.15, 0.2) is 0 Å². The molecule has 0 spiro atoms. The number of rotatable bonds is 3. The van der Waals surface area contributed by atoms with Gasteiger partial charge in [0.25, 0.3) is 5.91 Å². The van der Waals surface area contributed by atoms with E-state index >= 15 is 0 Å². The van der Waals surface area contributed by atoms with Gasteiger partial charge in [0, 0.05) is 32.0 Å². The van der Waals surface area contributed by atoms with Crippen molar-refractivity contribution in [2.24, 2.45) is 11.8 Å². The Kier molecular flexibility index (Phi) is 11.3. The van der Waals surface area contributed by atoms with Gasteiger partial charge in [-0.05, 0) is 36.8 Å². The van der Waals surface area contributed by atoms with Gasteiger partial charge >= 0.3 is 24.3 Å². The summed E-state index contributed by atoms with van der Waals surface area (Å²) in [4.78, 5) is 42.4. The number of amides is 1. The Morgan fingerprint density at radius 1 is 1.05 bits per heavy atom. The number of carbonyl (C=O) groups is 3. The van der Waals surface area contributed by atoms with Crippen LogP contribution >= 0.6 is 0 Å². The highest BCUT2D eigenvalue weighted by atomic mass is 19.4. The lowest BCUT2D eigenvalue weighted by molar-refractivity contribution is -0.193. The largest absolute Gasteiger partial charge is 0.490 e. The molecule has 0 aliphatic carbocycles. The lowest BCUT2D eigenvalue weighted by Crippen LogP contribution is -2.50. The molecule has 38 heavy (non-hydrogen) atoms. The van der Waals surface area contributed by atoms with Gasteiger partial charge in [-0.2, -0.15) is 26.3 Å². The number of hydrogen-bond donors (Lipinski definition) is 2. The lowest BCUT2D eigenvalue weighted by atomic mass is 9.83. The zero-order valence-corrected chi connectivity index (χ0v) is 20.0. The van der Waals surface area contributed by atoms with Gasteiger partial charge in [0.2, 0.25) is 0 Å². The number of carboxylic acids is 2. The first-order valence-electron chi connectivity index (χ1n) is 11.5. The topological polar surface area (TPSA) is 129 Å². The molecule has 3 fully saturated rings. The fraction of sp³-hybridized carbons (Fsp3) is 0.636. The standard InChI is InChI=1S/C18H25N3O3.2C2HF3O2/c22-18(21-6-2-8-24-21)16-9-15-12-20(7-4-17(15)23-13-16)11-14-3-1-5-19-10-14;2*3-2(4,5)1(6)7/h1,3,5,10,15-17H,2,4,6-9,11-13H2;2*(H,6,7)/t15-,16-,17+;;/m0../s1. The Morgan fingerprint density at radius 2 is 1.68 bits per heavy atom. The summed E-state index contributed by atoms with van der Waals surface area (Å²) in [5.74, 6) is -5.03. The van der Waals surface area contributed by atoms with Crippen molar-refractivity contribution < 1.29 is 60.5 Å². The van der Waals surface area contributed by atoms with Crippen molar-refractivity contribution in [3.8, 4) is 0 Å². The van der Waals surface area contributed by atoms with Gasteiger partial charge in [-0.3, -0.25) is 19.5 Å². The van der Waals surface area contributed by atoms with Crippen LogP contribution in [0.15, 0.2) is 24.5 Å². The maximum Gasteiger partial charge on any atom is 0.490 e. The van der Waals surface area contributed by atoms with E-state index < -0.39 is 24.3 Å². The van der Waals surface area contributed by atoms with Crippen molar-refractivity contribution in [2.45, 2.75) is 44.3 Å². The van der Waals surface area contributed by atoms with Gasteiger partial charge in [0.1, 0.15) is 0 Å². The van der Waals surface area contributed by atoms with Crippen molar-refractivity contribution in [3.05, 3.63) is 30.1 Å². The van der Waals surface area contributed by atoms with Crippen molar-refractivity contribution in [1.29, 1.82) is 0 Å². The lowest BCUT2D eigenvalue weighted by Gasteiger charge is -2.43. The maximum absolute atomic E-state index is 12.5. The molecule has 0 bridgehead atoms. The minimum absolute atomic E-state index is 0.0531. The van der Waals surface area contributed by atoms with E-state index in [1.165, 1.54) is 5.56 Å². The second kappa shape index (κ2) is 13.7. The fourth-order valence-corrected chi connectivity index (χ4v) is 4.10. The summed E-state index contributed by atoms with van der Waals surface area (Å²) in [5.41, 5.74) is 1.24. The smallest absolute Gasteiger partial charge is 0.475 e. The number of carboxylic acid groups (broad SMARTS) is 2. The summed E-state index contributed by atoms with van der Waals surface area (Å²) in [6.45, 7) is 4.88. The van der Waals surface area contributed by atoms with Crippen LogP contribution in [0, 0.1) is 11.8 Å². The molecule has 4 heterocycles. The van der Waals surface area contributed by atoms with Crippen LogP contribution in [0.5, 0.6) is 0 Å². The minimum atomic E-state index is -5.08. The predicted molar refractivity (Wildman–Crippen MR) is 115 cm³/mol. The van der Waals surface area contributed by atoms with E-state index in [9.17, 15) is 31.1 Å². The Balaban J connectivity index is 0.000000301. The molecule has 0 radical (unpaired) electrons. The molecule has 10 nitrogen and oxygen atoms in total. The number of piperidine rings is 1. The number of likely N-dealkylation sites (tertiary alicyclic amines) is 1. The summed E-state index contributed by atoms with van der Waals surface area (Å²) >= 11 is 0.